The molecular weight excluding hydrogens is 468 g/mol. The lowest BCUT2D eigenvalue weighted by molar-refractivity contribution is -0.156. The van der Waals surface area contributed by atoms with Crippen LogP contribution in [0.15, 0.2) is 42.5 Å². The normalized spacial score (nSPS) is 28.6. The second-order valence-electron chi connectivity index (χ2n) is 10.8. The molecule has 0 radical (unpaired) electrons. The molecule has 1 saturated heterocycles. The van der Waals surface area contributed by atoms with E-state index < -0.39 is 29.8 Å². The van der Waals surface area contributed by atoms with Crippen LogP contribution in [-0.2, 0) is 25.5 Å². The van der Waals surface area contributed by atoms with Crippen LogP contribution >= 0.6 is 0 Å². The highest BCUT2D eigenvalue weighted by Crippen LogP contribution is 2.46. The summed E-state index contributed by atoms with van der Waals surface area (Å²) in [6.07, 6.45) is 11.3. The van der Waals surface area contributed by atoms with Crippen molar-refractivity contribution >= 4 is 17.8 Å². The number of rotatable bonds is 10. The number of fused-ring (bicyclic) bond motifs is 1. The van der Waals surface area contributed by atoms with Crippen molar-refractivity contribution in [3.8, 4) is 0 Å². The van der Waals surface area contributed by atoms with Gasteiger partial charge in [0, 0.05) is 12.0 Å². The van der Waals surface area contributed by atoms with Gasteiger partial charge in [-0.1, -0.05) is 75.1 Å². The van der Waals surface area contributed by atoms with Crippen LogP contribution in [-0.4, -0.2) is 59.1 Å². The molecule has 0 unspecified atom stereocenters. The number of nitrogens with zero attached hydrogens (tertiary/aromatic N) is 1. The number of nitrogens with one attached hydrogen (secondary N) is 1. The van der Waals surface area contributed by atoms with Crippen molar-refractivity contribution in [2.24, 2.45) is 23.7 Å². The van der Waals surface area contributed by atoms with Crippen molar-refractivity contribution in [1.82, 2.24) is 10.2 Å². The molecule has 4 rings (SSSR count). The molecule has 2 amide bonds. The molecule has 2 fully saturated rings. The molecule has 3 aliphatic rings. The summed E-state index contributed by atoms with van der Waals surface area (Å²) in [6, 6.07) is 8.47. The van der Waals surface area contributed by atoms with Gasteiger partial charge in [0.2, 0.25) is 11.8 Å². The quantitative estimate of drug-likeness (QED) is 0.370. The molecule has 1 aromatic carbocycles. The number of ether oxygens (including phenoxy) is 1. The van der Waals surface area contributed by atoms with Crippen molar-refractivity contribution < 1.29 is 24.2 Å². The minimum atomic E-state index is -0.768. The van der Waals surface area contributed by atoms with Gasteiger partial charge in [-0.05, 0) is 44.1 Å². The maximum atomic E-state index is 14.2. The monoisotopic (exact) mass is 510 g/mol. The van der Waals surface area contributed by atoms with E-state index in [0.29, 0.717) is 6.42 Å². The van der Waals surface area contributed by atoms with E-state index >= 15 is 0 Å². The van der Waals surface area contributed by atoms with E-state index in [0.717, 1.165) is 44.1 Å². The molecule has 1 aliphatic heterocycles. The fraction of sp³-hybridized carbons (Fsp3) is 0.633. The Morgan fingerprint density at radius 1 is 1.11 bits per heavy atom. The molecule has 1 heterocycles. The Labute approximate surface area is 220 Å². The first-order valence-corrected chi connectivity index (χ1v) is 14.1. The highest BCUT2D eigenvalue weighted by atomic mass is 16.5. The fourth-order valence-electron chi connectivity index (χ4n) is 6.68. The number of allylic oxidation sites excluding steroid dienone is 1. The second kappa shape index (κ2) is 12.7. The van der Waals surface area contributed by atoms with Crippen LogP contribution < -0.4 is 5.32 Å². The maximum Gasteiger partial charge on any atom is 0.310 e. The first kappa shape index (κ1) is 27.4. The van der Waals surface area contributed by atoms with E-state index in [9.17, 15) is 19.5 Å². The van der Waals surface area contributed by atoms with Gasteiger partial charge < -0.3 is 20.1 Å². The largest absolute Gasteiger partial charge is 0.466 e. The molecule has 1 aromatic rings. The lowest BCUT2D eigenvalue weighted by Crippen LogP contribution is -2.54. The molecule has 37 heavy (non-hydrogen) atoms. The highest BCUT2D eigenvalue weighted by molar-refractivity contribution is 5.96. The van der Waals surface area contributed by atoms with E-state index in [-0.39, 0.29) is 43.0 Å². The molecule has 1 saturated carbocycles. The van der Waals surface area contributed by atoms with E-state index in [1.165, 1.54) is 6.42 Å². The molecule has 7 heteroatoms. The third-order valence-corrected chi connectivity index (χ3v) is 8.37. The first-order valence-electron chi connectivity index (χ1n) is 14.1. The SMILES string of the molecule is CCC[C@@H]1C=C[C@H]2[C@H](C(=O)N([C@@H](CO)Cc3ccccc3)[C@@H]2C(=O)NC2CCCCC2)[C@@H]1C(=O)OCC. The lowest BCUT2D eigenvalue weighted by Gasteiger charge is -2.35. The number of amides is 2. The van der Waals surface area contributed by atoms with Crippen LogP contribution in [0.25, 0.3) is 0 Å². The third-order valence-electron chi connectivity index (χ3n) is 8.37. The molecule has 0 spiro atoms. The van der Waals surface area contributed by atoms with Crippen LogP contribution in [0.3, 0.4) is 0 Å². The number of hydrogen-bond acceptors (Lipinski definition) is 5. The molecule has 0 bridgehead atoms. The fourth-order valence-corrected chi connectivity index (χ4v) is 6.68. The van der Waals surface area contributed by atoms with Crippen molar-refractivity contribution in [3.05, 3.63) is 48.0 Å². The number of aliphatic hydroxyl groups is 1. The topological polar surface area (TPSA) is 95.9 Å². The molecule has 7 nitrogen and oxygen atoms in total. The van der Waals surface area contributed by atoms with E-state index in [2.05, 4.69) is 12.2 Å². The average Bonchev–Trinajstić information content (AvgIpc) is 3.21. The Morgan fingerprint density at radius 2 is 1.84 bits per heavy atom. The second-order valence-corrected chi connectivity index (χ2v) is 10.8. The molecule has 0 aromatic heterocycles. The summed E-state index contributed by atoms with van der Waals surface area (Å²) in [5.41, 5.74) is 0.983. The van der Waals surface area contributed by atoms with Crippen LogP contribution in [0.4, 0.5) is 0 Å². The zero-order valence-electron chi connectivity index (χ0n) is 22.2. The molecule has 2 N–H and O–H groups in total. The minimum absolute atomic E-state index is 0.0974. The zero-order valence-corrected chi connectivity index (χ0v) is 22.2. The third kappa shape index (κ3) is 5.92. The number of carbonyl (C=O) groups is 3. The van der Waals surface area contributed by atoms with Gasteiger partial charge in [-0.3, -0.25) is 14.4 Å². The smallest absolute Gasteiger partial charge is 0.310 e. The molecule has 2 aliphatic carbocycles. The van der Waals surface area contributed by atoms with Gasteiger partial charge in [0.1, 0.15) is 6.04 Å². The van der Waals surface area contributed by atoms with Crippen LogP contribution in [0, 0.1) is 23.7 Å². The van der Waals surface area contributed by atoms with Gasteiger partial charge in [0.05, 0.1) is 31.1 Å². The average molecular weight is 511 g/mol. The van der Waals surface area contributed by atoms with Crippen molar-refractivity contribution in [1.29, 1.82) is 0 Å². The summed E-state index contributed by atoms with van der Waals surface area (Å²) in [5, 5.41) is 13.7. The van der Waals surface area contributed by atoms with Gasteiger partial charge >= 0.3 is 5.97 Å². The number of carbonyl (C=O) groups excluding carboxylic acids is 3. The minimum Gasteiger partial charge on any atom is -0.466 e. The van der Waals surface area contributed by atoms with Gasteiger partial charge in [0.25, 0.3) is 0 Å². The van der Waals surface area contributed by atoms with Gasteiger partial charge in [-0.15, -0.1) is 0 Å². The maximum absolute atomic E-state index is 14.2. The Hall–Kier alpha value is -2.67. The zero-order chi connectivity index (χ0) is 26.4. The number of aliphatic hydroxyl groups excluding tert-OH is 1. The van der Waals surface area contributed by atoms with Crippen LogP contribution in [0.1, 0.15) is 64.4 Å². The summed E-state index contributed by atoms with van der Waals surface area (Å²) in [7, 11) is 0. The standard InChI is InChI=1S/C30H42N2O5/c1-3-11-21-16-17-24-26(25(21)30(36)37-4-2)29(35)32(23(19-33)18-20-12-7-5-8-13-20)27(24)28(34)31-22-14-9-6-10-15-22/h5,7-8,12-13,16-17,21-27,33H,3-4,6,9-11,14-15,18-19H2,1-2H3,(H,31,34)/t21-,23-,24+,25-,26+,27+/m1/s1. The van der Waals surface area contributed by atoms with E-state index in [4.69, 9.17) is 4.74 Å². The van der Waals surface area contributed by atoms with Crippen LogP contribution in [0.5, 0.6) is 0 Å². The Balaban J connectivity index is 1.70. The first-order chi connectivity index (χ1) is 18.0. The van der Waals surface area contributed by atoms with Crippen molar-refractivity contribution in [3.63, 3.8) is 0 Å². The number of likely N-dealkylation sites (tertiary alicyclic amines) is 1. The molecule has 202 valence electrons. The Kier molecular flexibility index (Phi) is 9.41. The molecule has 6 atom stereocenters. The number of hydrogen-bond donors (Lipinski definition) is 2. The van der Waals surface area contributed by atoms with E-state index in [1.54, 1.807) is 11.8 Å². The van der Waals surface area contributed by atoms with Crippen molar-refractivity contribution in [2.75, 3.05) is 13.2 Å². The predicted molar refractivity (Wildman–Crippen MR) is 141 cm³/mol. The van der Waals surface area contributed by atoms with Gasteiger partial charge in [0.15, 0.2) is 0 Å². The van der Waals surface area contributed by atoms with Crippen molar-refractivity contribution in [2.45, 2.75) is 83.3 Å². The lowest BCUT2D eigenvalue weighted by atomic mass is 9.68. The van der Waals surface area contributed by atoms with Crippen LogP contribution in [0.2, 0.25) is 0 Å². The summed E-state index contributed by atoms with van der Waals surface area (Å²) in [5.74, 6) is -2.64. The highest BCUT2D eigenvalue weighted by Gasteiger charge is 2.59. The van der Waals surface area contributed by atoms with Gasteiger partial charge in [-0.25, -0.2) is 0 Å². The number of esters is 1. The van der Waals surface area contributed by atoms with E-state index in [1.807, 2.05) is 42.5 Å². The Morgan fingerprint density at radius 3 is 2.49 bits per heavy atom. The van der Waals surface area contributed by atoms with Gasteiger partial charge in [-0.2, -0.15) is 0 Å². The Bertz CT molecular complexity index is 958. The predicted octanol–water partition coefficient (Wildman–Crippen LogP) is 3.65. The summed E-state index contributed by atoms with van der Waals surface area (Å²) >= 11 is 0. The summed E-state index contributed by atoms with van der Waals surface area (Å²) in [4.78, 5) is 42.9. The number of benzene rings is 1. The molecular formula is C30H42N2O5. The summed E-state index contributed by atoms with van der Waals surface area (Å²) in [6.45, 7) is 3.81. The summed E-state index contributed by atoms with van der Waals surface area (Å²) < 4.78 is 5.46.